The van der Waals surface area contributed by atoms with Crippen LogP contribution in [0.15, 0.2) is 6.20 Å². The number of thioether (sulfide) groups is 1. The Balaban J connectivity index is 1.84. The smallest absolute Gasteiger partial charge is 0.112 e. The molecule has 2 atom stereocenters. The highest BCUT2D eigenvalue weighted by molar-refractivity contribution is 7.99. The maximum Gasteiger partial charge on any atom is 0.112 e. The van der Waals surface area contributed by atoms with E-state index in [1.54, 1.807) is 0 Å². The molecule has 16 heavy (non-hydrogen) atoms. The molecule has 1 fully saturated rings. The van der Waals surface area contributed by atoms with Crippen molar-refractivity contribution in [1.82, 2.24) is 9.55 Å². The minimum atomic E-state index is 0.319. The van der Waals surface area contributed by atoms with E-state index < -0.39 is 0 Å². The van der Waals surface area contributed by atoms with Crippen molar-refractivity contribution < 1.29 is 5.11 Å². The predicted octanol–water partition coefficient (Wildman–Crippen LogP) is 1.66. The maximum atomic E-state index is 9.20. The minimum absolute atomic E-state index is 0.319. The van der Waals surface area contributed by atoms with E-state index in [0.29, 0.717) is 18.4 Å². The monoisotopic (exact) mass is 238 g/mol. The van der Waals surface area contributed by atoms with Crippen LogP contribution in [0.2, 0.25) is 0 Å². The van der Waals surface area contributed by atoms with Crippen LogP contribution in [0.1, 0.15) is 30.3 Å². The van der Waals surface area contributed by atoms with Gasteiger partial charge in [-0.2, -0.15) is 11.8 Å². The van der Waals surface area contributed by atoms with Crippen LogP contribution in [0.5, 0.6) is 0 Å². The van der Waals surface area contributed by atoms with Gasteiger partial charge >= 0.3 is 0 Å². The first-order chi connectivity index (χ1) is 7.88. The zero-order valence-electron chi connectivity index (χ0n) is 9.43. The third-order valence-electron chi connectivity index (χ3n) is 3.78. The lowest BCUT2D eigenvalue weighted by molar-refractivity contribution is 0.200. The Labute approximate surface area is 100 Å². The molecule has 1 saturated heterocycles. The molecule has 1 aromatic heterocycles. The number of hydrogen-bond acceptors (Lipinski definition) is 3. The third kappa shape index (κ3) is 1.78. The molecule has 4 heteroatoms. The normalized spacial score (nSPS) is 29.3. The first-order valence-corrected chi connectivity index (χ1v) is 7.27. The van der Waals surface area contributed by atoms with Gasteiger partial charge in [-0.1, -0.05) is 0 Å². The molecule has 0 amide bonds. The average Bonchev–Trinajstić information content (AvgIpc) is 2.96. The van der Waals surface area contributed by atoms with Crippen molar-refractivity contribution in [3.63, 3.8) is 0 Å². The molecule has 3 nitrogen and oxygen atoms in total. The molecule has 0 spiro atoms. The largest absolute Gasteiger partial charge is 0.396 e. The molecular weight excluding hydrogens is 220 g/mol. The third-order valence-corrected chi connectivity index (χ3v) is 4.94. The quantitative estimate of drug-likeness (QED) is 0.851. The molecule has 1 aromatic rings. The van der Waals surface area contributed by atoms with Gasteiger partial charge in [0.25, 0.3) is 0 Å². The number of rotatable bonds is 2. The molecule has 3 heterocycles. The number of fused-ring (bicyclic) bond motifs is 1. The molecule has 0 bridgehead atoms. The van der Waals surface area contributed by atoms with Gasteiger partial charge in [-0.3, -0.25) is 0 Å². The lowest BCUT2D eigenvalue weighted by Crippen LogP contribution is -2.23. The molecule has 2 unspecified atom stereocenters. The van der Waals surface area contributed by atoms with E-state index in [0.717, 1.165) is 19.4 Å². The lowest BCUT2D eigenvalue weighted by Gasteiger charge is -2.24. The highest BCUT2D eigenvalue weighted by atomic mass is 32.2. The summed E-state index contributed by atoms with van der Waals surface area (Å²) in [6.45, 7) is 1.37. The molecule has 0 aromatic carbocycles. The fraction of sp³-hybridized carbons (Fsp3) is 0.750. The molecule has 3 rings (SSSR count). The summed E-state index contributed by atoms with van der Waals surface area (Å²) in [6.07, 6.45) is 5.42. The first-order valence-electron chi connectivity index (χ1n) is 6.11. The van der Waals surface area contributed by atoms with Crippen molar-refractivity contribution in [2.24, 2.45) is 5.92 Å². The Morgan fingerprint density at radius 2 is 2.44 bits per heavy atom. The SMILES string of the molecule is OCC1CCn2c(cnc2C2CCSC2)C1. The van der Waals surface area contributed by atoms with Crippen LogP contribution in [0.4, 0.5) is 0 Å². The number of nitrogens with zero attached hydrogens (tertiary/aromatic N) is 2. The van der Waals surface area contributed by atoms with Crippen LogP contribution in [-0.4, -0.2) is 32.8 Å². The van der Waals surface area contributed by atoms with Crippen molar-refractivity contribution in [3.8, 4) is 0 Å². The summed E-state index contributed by atoms with van der Waals surface area (Å²) in [4.78, 5) is 4.62. The fourth-order valence-corrected chi connectivity index (χ4v) is 4.00. The van der Waals surface area contributed by atoms with Gasteiger partial charge in [0.15, 0.2) is 0 Å². The zero-order chi connectivity index (χ0) is 11.0. The van der Waals surface area contributed by atoms with E-state index in [9.17, 15) is 5.11 Å². The second-order valence-electron chi connectivity index (χ2n) is 4.86. The van der Waals surface area contributed by atoms with E-state index in [1.807, 2.05) is 18.0 Å². The number of hydrogen-bond donors (Lipinski definition) is 1. The van der Waals surface area contributed by atoms with Crippen LogP contribution in [-0.2, 0) is 13.0 Å². The molecule has 2 aliphatic rings. The van der Waals surface area contributed by atoms with Crippen LogP contribution in [0.25, 0.3) is 0 Å². The standard InChI is InChI=1S/C12H18N2OS/c15-7-9-1-3-14-11(5-9)6-13-12(14)10-2-4-16-8-10/h6,9-10,15H,1-5,7-8H2. The van der Waals surface area contributed by atoms with Crippen molar-refractivity contribution in [2.45, 2.75) is 31.7 Å². The number of aromatic nitrogens is 2. The Morgan fingerprint density at radius 3 is 3.19 bits per heavy atom. The number of imidazole rings is 1. The minimum Gasteiger partial charge on any atom is -0.396 e. The van der Waals surface area contributed by atoms with Gasteiger partial charge < -0.3 is 9.67 Å². The summed E-state index contributed by atoms with van der Waals surface area (Å²) in [5.41, 5.74) is 1.33. The van der Waals surface area contributed by atoms with Crippen LogP contribution in [0.3, 0.4) is 0 Å². The molecule has 0 saturated carbocycles. The second kappa shape index (κ2) is 4.41. The zero-order valence-corrected chi connectivity index (χ0v) is 10.2. The van der Waals surface area contributed by atoms with Crippen LogP contribution < -0.4 is 0 Å². The van der Waals surface area contributed by atoms with Crippen molar-refractivity contribution in [2.75, 3.05) is 18.1 Å². The van der Waals surface area contributed by atoms with Gasteiger partial charge in [0, 0.05) is 36.7 Å². The molecule has 88 valence electrons. The van der Waals surface area contributed by atoms with Gasteiger partial charge in [-0.25, -0.2) is 4.98 Å². The van der Waals surface area contributed by atoms with Gasteiger partial charge in [0.2, 0.25) is 0 Å². The molecule has 1 N–H and O–H groups in total. The predicted molar refractivity (Wildman–Crippen MR) is 65.8 cm³/mol. The molecule has 2 aliphatic heterocycles. The van der Waals surface area contributed by atoms with E-state index in [4.69, 9.17) is 0 Å². The van der Waals surface area contributed by atoms with Gasteiger partial charge in [0.05, 0.1) is 0 Å². The lowest BCUT2D eigenvalue weighted by atomic mass is 9.97. The Bertz CT molecular complexity index is 371. The summed E-state index contributed by atoms with van der Waals surface area (Å²) in [6, 6.07) is 0. The Morgan fingerprint density at radius 1 is 1.50 bits per heavy atom. The van der Waals surface area contributed by atoms with Crippen molar-refractivity contribution in [3.05, 3.63) is 17.7 Å². The van der Waals surface area contributed by atoms with Crippen molar-refractivity contribution in [1.29, 1.82) is 0 Å². The highest BCUT2D eigenvalue weighted by Crippen LogP contribution is 2.33. The fourth-order valence-electron chi connectivity index (χ4n) is 2.78. The number of aliphatic hydroxyl groups excluding tert-OH is 1. The van der Waals surface area contributed by atoms with E-state index >= 15 is 0 Å². The Hall–Kier alpha value is -0.480. The topological polar surface area (TPSA) is 38.0 Å². The van der Waals surface area contributed by atoms with Gasteiger partial charge in [0.1, 0.15) is 5.82 Å². The summed E-state index contributed by atoms with van der Waals surface area (Å²) >= 11 is 2.04. The van der Waals surface area contributed by atoms with E-state index in [2.05, 4.69) is 9.55 Å². The van der Waals surface area contributed by atoms with Gasteiger partial charge in [-0.05, 0) is 30.9 Å². The molecule has 0 radical (unpaired) electrons. The second-order valence-corrected chi connectivity index (χ2v) is 6.01. The summed E-state index contributed by atoms with van der Waals surface area (Å²) in [5, 5.41) is 9.20. The first kappa shape index (κ1) is 10.7. The van der Waals surface area contributed by atoms with Crippen LogP contribution in [0, 0.1) is 5.92 Å². The Kier molecular flexibility index (Phi) is 2.94. The summed E-state index contributed by atoms with van der Waals surface area (Å²) < 4.78 is 2.41. The molecule has 0 aliphatic carbocycles. The van der Waals surface area contributed by atoms with E-state index in [1.165, 1.54) is 29.4 Å². The van der Waals surface area contributed by atoms with Crippen LogP contribution >= 0.6 is 11.8 Å². The summed E-state index contributed by atoms with van der Waals surface area (Å²) in [7, 11) is 0. The molecular formula is C12H18N2OS. The summed E-state index contributed by atoms with van der Waals surface area (Å²) in [5.74, 6) is 4.95. The van der Waals surface area contributed by atoms with Gasteiger partial charge in [-0.15, -0.1) is 0 Å². The average molecular weight is 238 g/mol. The highest BCUT2D eigenvalue weighted by Gasteiger charge is 2.26. The van der Waals surface area contributed by atoms with Crippen molar-refractivity contribution >= 4 is 11.8 Å². The van der Waals surface area contributed by atoms with E-state index in [-0.39, 0.29) is 0 Å². The maximum absolute atomic E-state index is 9.20. The number of aliphatic hydroxyl groups is 1.